The van der Waals surface area contributed by atoms with Gasteiger partial charge in [-0.25, -0.2) is 0 Å². The summed E-state index contributed by atoms with van der Waals surface area (Å²) in [6, 6.07) is 37.9. The standard InChI is InChI=1S/C40H35NO/c1-41(2)30-20-18-28(19-21-30)40(27-10-4-3-5-11-27)23-22-34-37-36(31-12-6-7-13-32(31)38(34)42-40)33-14-8-9-15-35(33)39(37)25-26-16-17-29(39)24-26/h3-15,18-23,26,29H,16-17,24-25H2,1-2H3. The third kappa shape index (κ3) is 3.05. The molecule has 1 spiro atoms. The van der Waals surface area contributed by atoms with Gasteiger partial charge in [0.05, 0.1) is 0 Å². The van der Waals surface area contributed by atoms with Crippen molar-refractivity contribution in [1.29, 1.82) is 0 Å². The van der Waals surface area contributed by atoms with Crippen LogP contribution >= 0.6 is 0 Å². The zero-order valence-electron chi connectivity index (χ0n) is 24.3. The van der Waals surface area contributed by atoms with Crippen LogP contribution in [0.25, 0.3) is 28.0 Å². The second-order valence-electron chi connectivity index (χ2n) is 13.1. The Morgan fingerprint density at radius 3 is 2.19 bits per heavy atom. The van der Waals surface area contributed by atoms with Crippen LogP contribution in [0.4, 0.5) is 5.69 Å². The highest BCUT2D eigenvalue weighted by Crippen LogP contribution is 2.68. The lowest BCUT2D eigenvalue weighted by Gasteiger charge is -2.41. The SMILES string of the molecule is CN(C)c1ccc(C2(c3ccccc3)C=Cc3c4c(c5ccccc5c3O2)-c2ccccc2C42CC3CCC2C3)cc1. The minimum absolute atomic E-state index is 0.0801. The quantitative estimate of drug-likeness (QED) is 0.224. The first-order chi connectivity index (χ1) is 20.6. The van der Waals surface area contributed by atoms with Crippen molar-refractivity contribution in [3.8, 4) is 16.9 Å². The molecule has 2 bridgehead atoms. The van der Waals surface area contributed by atoms with Crippen molar-refractivity contribution in [2.24, 2.45) is 11.8 Å². The number of rotatable bonds is 3. The number of hydrogen-bond donors (Lipinski definition) is 0. The molecule has 0 radical (unpaired) electrons. The van der Waals surface area contributed by atoms with Gasteiger partial charge < -0.3 is 9.64 Å². The van der Waals surface area contributed by atoms with Gasteiger partial charge in [0.15, 0.2) is 5.60 Å². The minimum Gasteiger partial charge on any atom is -0.472 e. The van der Waals surface area contributed by atoms with E-state index in [0.717, 1.165) is 22.8 Å². The largest absolute Gasteiger partial charge is 0.472 e. The molecule has 206 valence electrons. The Kier molecular flexibility index (Phi) is 4.98. The average molecular weight is 546 g/mol. The van der Waals surface area contributed by atoms with Crippen molar-refractivity contribution >= 4 is 22.5 Å². The number of ether oxygens (including phenoxy) is 1. The van der Waals surface area contributed by atoms with Crippen LogP contribution in [-0.2, 0) is 11.0 Å². The fourth-order valence-electron chi connectivity index (χ4n) is 9.20. The van der Waals surface area contributed by atoms with E-state index < -0.39 is 5.60 Å². The highest BCUT2D eigenvalue weighted by molar-refractivity contribution is 6.08. The smallest absolute Gasteiger partial charge is 0.178 e. The van der Waals surface area contributed by atoms with Crippen LogP contribution in [0.1, 0.15) is 53.5 Å². The molecular weight excluding hydrogens is 510 g/mol. The predicted octanol–water partition coefficient (Wildman–Crippen LogP) is 9.34. The number of benzene rings is 5. The van der Waals surface area contributed by atoms with E-state index in [1.54, 1.807) is 5.56 Å². The lowest BCUT2D eigenvalue weighted by atomic mass is 9.65. The summed E-state index contributed by atoms with van der Waals surface area (Å²) >= 11 is 0. The van der Waals surface area contributed by atoms with Crippen LogP contribution in [-0.4, -0.2) is 14.1 Å². The molecule has 4 atom stereocenters. The molecule has 0 amide bonds. The minimum atomic E-state index is -0.719. The zero-order valence-corrected chi connectivity index (χ0v) is 24.3. The molecule has 0 N–H and O–H groups in total. The van der Waals surface area contributed by atoms with Crippen molar-refractivity contribution in [3.63, 3.8) is 0 Å². The number of fused-ring (bicyclic) bond motifs is 13. The van der Waals surface area contributed by atoms with Gasteiger partial charge in [-0.2, -0.15) is 0 Å². The highest BCUT2D eigenvalue weighted by Gasteiger charge is 2.58. The van der Waals surface area contributed by atoms with Gasteiger partial charge in [-0.05, 0) is 76.9 Å². The Morgan fingerprint density at radius 2 is 1.45 bits per heavy atom. The predicted molar refractivity (Wildman–Crippen MR) is 173 cm³/mol. The monoisotopic (exact) mass is 545 g/mol. The van der Waals surface area contributed by atoms with E-state index in [2.05, 4.69) is 134 Å². The van der Waals surface area contributed by atoms with Gasteiger partial charge in [-0.3, -0.25) is 0 Å². The Labute approximate surface area is 248 Å². The molecule has 5 aromatic rings. The van der Waals surface area contributed by atoms with Crippen LogP contribution in [0.2, 0.25) is 0 Å². The fraction of sp³-hybridized carbons (Fsp3) is 0.250. The molecule has 2 saturated carbocycles. The van der Waals surface area contributed by atoms with Gasteiger partial charge >= 0.3 is 0 Å². The molecule has 3 aliphatic carbocycles. The molecule has 4 unspecified atom stereocenters. The van der Waals surface area contributed by atoms with E-state index in [1.165, 1.54) is 64.4 Å². The van der Waals surface area contributed by atoms with Crippen LogP contribution < -0.4 is 9.64 Å². The van der Waals surface area contributed by atoms with Crippen LogP contribution in [0, 0.1) is 11.8 Å². The van der Waals surface area contributed by atoms with Crippen LogP contribution in [0.3, 0.4) is 0 Å². The summed E-state index contributed by atoms with van der Waals surface area (Å²) < 4.78 is 7.51. The van der Waals surface area contributed by atoms with E-state index >= 15 is 0 Å². The normalized spacial score (nSPS) is 26.2. The average Bonchev–Trinajstić information content (AvgIpc) is 3.74. The molecule has 0 aromatic heterocycles. The lowest BCUT2D eigenvalue weighted by molar-refractivity contribution is 0.163. The van der Waals surface area contributed by atoms with Gasteiger partial charge in [0, 0.05) is 47.3 Å². The molecule has 42 heavy (non-hydrogen) atoms. The molecule has 1 aliphatic heterocycles. The molecule has 0 saturated heterocycles. The van der Waals surface area contributed by atoms with Gasteiger partial charge in [-0.15, -0.1) is 0 Å². The number of hydrogen-bond acceptors (Lipinski definition) is 2. The van der Waals surface area contributed by atoms with Crippen molar-refractivity contribution in [1.82, 2.24) is 0 Å². The van der Waals surface area contributed by atoms with Crippen molar-refractivity contribution in [3.05, 3.63) is 137 Å². The van der Waals surface area contributed by atoms with E-state index in [0.29, 0.717) is 5.92 Å². The van der Waals surface area contributed by atoms with E-state index in [4.69, 9.17) is 4.74 Å². The zero-order chi connectivity index (χ0) is 28.1. The Bertz CT molecular complexity index is 1900. The van der Waals surface area contributed by atoms with Crippen LogP contribution in [0.5, 0.6) is 5.75 Å². The fourth-order valence-corrected chi connectivity index (χ4v) is 9.20. The first-order valence-electron chi connectivity index (χ1n) is 15.5. The molecular formula is C40H35NO. The van der Waals surface area contributed by atoms with E-state index in [1.807, 2.05) is 0 Å². The first-order valence-corrected chi connectivity index (χ1v) is 15.5. The first kappa shape index (κ1) is 24.3. The third-order valence-corrected chi connectivity index (χ3v) is 10.9. The number of anilines is 1. The molecule has 2 nitrogen and oxygen atoms in total. The van der Waals surface area contributed by atoms with Crippen LogP contribution in [0.15, 0.2) is 109 Å². The van der Waals surface area contributed by atoms with E-state index in [-0.39, 0.29) is 5.41 Å². The topological polar surface area (TPSA) is 12.5 Å². The summed E-state index contributed by atoms with van der Waals surface area (Å²) in [6.07, 6.45) is 10.1. The third-order valence-electron chi connectivity index (χ3n) is 10.9. The molecule has 5 aromatic carbocycles. The summed E-state index contributed by atoms with van der Waals surface area (Å²) in [5.41, 5.74) is 10.1. The maximum absolute atomic E-state index is 7.51. The van der Waals surface area contributed by atoms with Gasteiger partial charge in [-0.1, -0.05) is 103 Å². The van der Waals surface area contributed by atoms with Gasteiger partial charge in [0.1, 0.15) is 5.75 Å². The highest BCUT2D eigenvalue weighted by atomic mass is 16.5. The van der Waals surface area contributed by atoms with E-state index in [9.17, 15) is 0 Å². The van der Waals surface area contributed by atoms with Crippen molar-refractivity contribution in [2.75, 3.05) is 19.0 Å². The summed E-state index contributed by atoms with van der Waals surface area (Å²) in [6.45, 7) is 0. The summed E-state index contributed by atoms with van der Waals surface area (Å²) in [7, 11) is 4.18. The maximum atomic E-state index is 7.51. The van der Waals surface area contributed by atoms with Gasteiger partial charge in [0.2, 0.25) is 0 Å². The summed E-state index contributed by atoms with van der Waals surface area (Å²) in [5, 5.41) is 2.52. The maximum Gasteiger partial charge on any atom is 0.178 e. The Morgan fingerprint density at radius 1 is 0.738 bits per heavy atom. The Balaban J connectivity index is 1.34. The molecule has 2 heteroatoms. The van der Waals surface area contributed by atoms with Crippen molar-refractivity contribution < 1.29 is 4.74 Å². The summed E-state index contributed by atoms with van der Waals surface area (Å²) in [4.78, 5) is 2.15. The Hall–Kier alpha value is -4.30. The molecule has 4 aliphatic rings. The molecule has 2 fully saturated rings. The van der Waals surface area contributed by atoms with Gasteiger partial charge in [0.25, 0.3) is 0 Å². The second-order valence-corrected chi connectivity index (χ2v) is 13.1. The second kappa shape index (κ2) is 8.61. The molecule has 9 rings (SSSR count). The molecule has 1 heterocycles. The van der Waals surface area contributed by atoms with Crippen molar-refractivity contribution in [2.45, 2.75) is 36.7 Å². The lowest BCUT2D eigenvalue weighted by Crippen LogP contribution is -2.36. The number of nitrogens with zero attached hydrogens (tertiary/aromatic N) is 1. The summed E-state index contributed by atoms with van der Waals surface area (Å²) in [5.74, 6) is 2.55.